The van der Waals surface area contributed by atoms with E-state index in [0.29, 0.717) is 35.6 Å². The molecule has 7 heteroatoms. The maximum atomic E-state index is 12.6. The van der Waals surface area contributed by atoms with Crippen LogP contribution in [0.4, 0.5) is 0 Å². The lowest BCUT2D eigenvalue weighted by Crippen LogP contribution is -2.13. The van der Waals surface area contributed by atoms with Gasteiger partial charge in [0, 0.05) is 11.6 Å². The molecule has 6 nitrogen and oxygen atoms in total. The van der Waals surface area contributed by atoms with Gasteiger partial charge in [0.25, 0.3) is 0 Å². The Labute approximate surface area is 166 Å². The van der Waals surface area contributed by atoms with Crippen molar-refractivity contribution >= 4 is 27.9 Å². The van der Waals surface area contributed by atoms with E-state index in [2.05, 4.69) is 15.9 Å². The van der Waals surface area contributed by atoms with Gasteiger partial charge in [0.05, 0.1) is 18.8 Å². The molecule has 2 aromatic carbocycles. The molecule has 0 radical (unpaired) electrons. The molecular formula is C20H21BrO6. The molecule has 0 spiro atoms. The maximum Gasteiger partial charge on any atom is 0.347 e. The summed E-state index contributed by atoms with van der Waals surface area (Å²) in [5.74, 6) is -0.420. The fourth-order valence-electron chi connectivity index (χ4n) is 2.15. The number of carbonyl (C=O) groups excluding carboxylic acids is 2. The number of benzene rings is 2. The van der Waals surface area contributed by atoms with Crippen LogP contribution >= 0.6 is 15.9 Å². The van der Waals surface area contributed by atoms with Crippen molar-refractivity contribution in [1.82, 2.24) is 0 Å². The van der Waals surface area contributed by atoms with Gasteiger partial charge in [-0.05, 0) is 42.8 Å². The van der Waals surface area contributed by atoms with E-state index in [1.807, 2.05) is 6.92 Å². The minimum absolute atomic E-state index is 0.244. The molecule has 0 aliphatic rings. The highest BCUT2D eigenvalue weighted by atomic mass is 79.9. The lowest BCUT2D eigenvalue weighted by atomic mass is 10.2. The minimum atomic E-state index is -0.595. The standard InChI is InChI=1S/C20H21BrO6/c1-3-9-26-19(22)14-5-4-6-16(12-14)27-20(23)17-13-15(21)7-8-18(17)25-11-10-24-2/h4-8,12-13H,3,9-11H2,1-2H3. The van der Waals surface area contributed by atoms with E-state index in [1.54, 1.807) is 43.5 Å². The van der Waals surface area contributed by atoms with Crippen LogP contribution in [-0.2, 0) is 9.47 Å². The van der Waals surface area contributed by atoms with Crippen molar-refractivity contribution in [3.63, 3.8) is 0 Å². The molecule has 0 aromatic heterocycles. The average molecular weight is 437 g/mol. The van der Waals surface area contributed by atoms with Crippen molar-refractivity contribution in [3.8, 4) is 11.5 Å². The molecule has 0 saturated heterocycles. The van der Waals surface area contributed by atoms with Gasteiger partial charge in [0.2, 0.25) is 0 Å². The van der Waals surface area contributed by atoms with Crippen molar-refractivity contribution in [1.29, 1.82) is 0 Å². The molecule has 0 unspecified atom stereocenters. The second-order valence-corrected chi connectivity index (χ2v) is 6.45. The van der Waals surface area contributed by atoms with Crippen molar-refractivity contribution in [2.45, 2.75) is 13.3 Å². The van der Waals surface area contributed by atoms with E-state index in [4.69, 9.17) is 18.9 Å². The molecule has 0 N–H and O–H groups in total. The molecule has 27 heavy (non-hydrogen) atoms. The zero-order valence-corrected chi connectivity index (χ0v) is 16.8. The van der Waals surface area contributed by atoms with Crippen molar-refractivity contribution < 1.29 is 28.5 Å². The van der Waals surface area contributed by atoms with Crippen LogP contribution in [0.2, 0.25) is 0 Å². The van der Waals surface area contributed by atoms with Gasteiger partial charge in [-0.1, -0.05) is 28.9 Å². The second kappa shape index (κ2) is 10.7. The molecule has 0 heterocycles. The van der Waals surface area contributed by atoms with Crippen molar-refractivity contribution in [3.05, 3.63) is 58.1 Å². The monoisotopic (exact) mass is 436 g/mol. The Kier molecular flexibility index (Phi) is 8.29. The summed E-state index contributed by atoms with van der Waals surface area (Å²) >= 11 is 3.34. The molecule has 0 bridgehead atoms. The van der Waals surface area contributed by atoms with Crippen molar-refractivity contribution in [2.24, 2.45) is 0 Å². The lowest BCUT2D eigenvalue weighted by molar-refractivity contribution is 0.0503. The van der Waals surface area contributed by atoms with E-state index in [9.17, 15) is 9.59 Å². The molecule has 2 aromatic rings. The SMILES string of the molecule is CCCOC(=O)c1cccc(OC(=O)c2cc(Br)ccc2OCCOC)c1. The summed E-state index contributed by atoms with van der Waals surface area (Å²) in [7, 11) is 1.57. The molecule has 0 aliphatic carbocycles. The number of hydrogen-bond acceptors (Lipinski definition) is 6. The van der Waals surface area contributed by atoms with Gasteiger partial charge < -0.3 is 18.9 Å². The van der Waals surface area contributed by atoms with Gasteiger partial charge in [-0.15, -0.1) is 0 Å². The molecule has 0 aliphatic heterocycles. The Morgan fingerprint density at radius 2 is 1.81 bits per heavy atom. The quantitative estimate of drug-likeness (QED) is 0.332. The zero-order chi connectivity index (χ0) is 19.6. The third-order valence-corrected chi connectivity index (χ3v) is 3.92. The topological polar surface area (TPSA) is 71.1 Å². The first-order valence-corrected chi connectivity index (χ1v) is 9.25. The number of methoxy groups -OCH3 is 1. The highest BCUT2D eigenvalue weighted by Crippen LogP contribution is 2.25. The van der Waals surface area contributed by atoms with E-state index in [1.165, 1.54) is 6.07 Å². The summed E-state index contributed by atoms with van der Waals surface area (Å²) in [6, 6.07) is 11.4. The molecule has 0 saturated carbocycles. The maximum absolute atomic E-state index is 12.6. The van der Waals surface area contributed by atoms with Gasteiger partial charge in [0.1, 0.15) is 23.7 Å². The molecule has 0 amide bonds. The number of hydrogen-bond donors (Lipinski definition) is 0. The first-order chi connectivity index (χ1) is 13.0. The zero-order valence-electron chi connectivity index (χ0n) is 15.2. The van der Waals surface area contributed by atoms with Crippen LogP contribution in [0.3, 0.4) is 0 Å². The van der Waals surface area contributed by atoms with Crippen LogP contribution in [0.25, 0.3) is 0 Å². The lowest BCUT2D eigenvalue weighted by Gasteiger charge is -2.12. The van der Waals surface area contributed by atoms with E-state index >= 15 is 0 Å². The van der Waals surface area contributed by atoms with E-state index in [-0.39, 0.29) is 11.3 Å². The Hall–Kier alpha value is -2.38. The highest BCUT2D eigenvalue weighted by Gasteiger charge is 2.17. The third kappa shape index (κ3) is 6.37. The summed E-state index contributed by atoms with van der Waals surface area (Å²) < 4.78 is 21.8. The molecule has 144 valence electrons. The smallest absolute Gasteiger partial charge is 0.347 e. The first-order valence-electron chi connectivity index (χ1n) is 8.45. The van der Waals surface area contributed by atoms with Crippen LogP contribution in [0, 0.1) is 0 Å². The van der Waals surface area contributed by atoms with Gasteiger partial charge in [-0.2, -0.15) is 0 Å². The molecule has 0 fully saturated rings. The largest absolute Gasteiger partial charge is 0.490 e. The summed E-state index contributed by atoms with van der Waals surface area (Å²) in [5.41, 5.74) is 0.582. The van der Waals surface area contributed by atoms with E-state index < -0.39 is 11.9 Å². The van der Waals surface area contributed by atoms with Crippen LogP contribution < -0.4 is 9.47 Å². The summed E-state index contributed by atoms with van der Waals surface area (Å²) in [4.78, 5) is 24.6. The average Bonchev–Trinajstić information content (AvgIpc) is 2.67. The van der Waals surface area contributed by atoms with Crippen LogP contribution in [-0.4, -0.2) is 38.9 Å². The molecular weight excluding hydrogens is 416 g/mol. The first kappa shape index (κ1) is 20.9. The molecule has 2 rings (SSSR count). The fourth-order valence-corrected chi connectivity index (χ4v) is 2.51. The van der Waals surface area contributed by atoms with Gasteiger partial charge >= 0.3 is 11.9 Å². The number of halogens is 1. The predicted molar refractivity (Wildman–Crippen MR) is 103 cm³/mol. The fraction of sp³-hybridized carbons (Fsp3) is 0.300. The van der Waals surface area contributed by atoms with Crippen LogP contribution in [0.1, 0.15) is 34.1 Å². The van der Waals surface area contributed by atoms with Crippen molar-refractivity contribution in [2.75, 3.05) is 26.9 Å². The van der Waals surface area contributed by atoms with Gasteiger partial charge in [-0.25, -0.2) is 9.59 Å². The number of esters is 2. The van der Waals surface area contributed by atoms with E-state index in [0.717, 1.165) is 6.42 Å². The molecule has 0 atom stereocenters. The third-order valence-electron chi connectivity index (χ3n) is 3.42. The number of rotatable bonds is 9. The van der Waals surface area contributed by atoms with Gasteiger partial charge in [-0.3, -0.25) is 0 Å². The highest BCUT2D eigenvalue weighted by molar-refractivity contribution is 9.10. The van der Waals surface area contributed by atoms with Gasteiger partial charge in [0.15, 0.2) is 0 Å². The Bertz CT molecular complexity index is 790. The minimum Gasteiger partial charge on any atom is -0.490 e. The summed E-state index contributed by atoms with van der Waals surface area (Å²) in [6.07, 6.45) is 0.731. The number of carbonyl (C=O) groups is 2. The Morgan fingerprint density at radius 1 is 1.00 bits per heavy atom. The Balaban J connectivity index is 2.15. The van der Waals surface area contributed by atoms with Crippen LogP contribution in [0.15, 0.2) is 46.9 Å². The Morgan fingerprint density at radius 3 is 2.56 bits per heavy atom. The normalized spacial score (nSPS) is 10.3. The summed E-state index contributed by atoms with van der Waals surface area (Å²) in [5, 5.41) is 0. The second-order valence-electron chi connectivity index (χ2n) is 5.54. The predicted octanol–water partition coefficient (Wildman–Crippen LogP) is 4.26. The van der Waals surface area contributed by atoms with Crippen LogP contribution in [0.5, 0.6) is 11.5 Å². The number of ether oxygens (including phenoxy) is 4. The summed E-state index contributed by atoms with van der Waals surface area (Å²) in [6.45, 7) is 2.95.